The molecule has 1 aromatic rings. The first-order chi connectivity index (χ1) is 12.6. The summed E-state index contributed by atoms with van der Waals surface area (Å²) in [4.78, 5) is 28.9. The Labute approximate surface area is 165 Å². The summed E-state index contributed by atoms with van der Waals surface area (Å²) in [5.41, 5.74) is 0.367. The van der Waals surface area contributed by atoms with Gasteiger partial charge in [-0.15, -0.1) is 12.4 Å². The predicted octanol–water partition coefficient (Wildman–Crippen LogP) is 2.45. The average molecular weight is 396 g/mol. The quantitative estimate of drug-likeness (QED) is 0.836. The van der Waals surface area contributed by atoms with Crippen molar-refractivity contribution >= 4 is 24.2 Å². The highest BCUT2D eigenvalue weighted by atomic mass is 35.5. The predicted molar refractivity (Wildman–Crippen MR) is 103 cm³/mol. The molecule has 3 atom stereocenters. The van der Waals surface area contributed by atoms with E-state index in [1.54, 1.807) is 17.0 Å². The monoisotopic (exact) mass is 395 g/mol. The van der Waals surface area contributed by atoms with Crippen molar-refractivity contribution in [1.82, 2.24) is 15.1 Å². The zero-order valence-corrected chi connectivity index (χ0v) is 16.2. The van der Waals surface area contributed by atoms with Crippen molar-refractivity contribution in [3.63, 3.8) is 0 Å². The standard InChI is InChI=1S/C20H26FN3O2.ClH/c21-16-6-3-5-15(12-16)19(25)23-8-10-24(11-9-23)20(26)18-13-14-4-1-2-7-17(14)22-18;/h3,5-6,12,14,17-18,22H,1-2,4,7-11,13H2;1H. The summed E-state index contributed by atoms with van der Waals surface area (Å²) in [5, 5.41) is 3.54. The van der Waals surface area contributed by atoms with E-state index >= 15 is 0 Å². The summed E-state index contributed by atoms with van der Waals surface area (Å²) >= 11 is 0. The van der Waals surface area contributed by atoms with Crippen LogP contribution in [0.3, 0.4) is 0 Å². The van der Waals surface area contributed by atoms with Crippen molar-refractivity contribution in [2.24, 2.45) is 5.92 Å². The Morgan fingerprint density at radius 1 is 1.04 bits per heavy atom. The van der Waals surface area contributed by atoms with Crippen molar-refractivity contribution in [3.8, 4) is 0 Å². The zero-order chi connectivity index (χ0) is 18.1. The number of nitrogens with zero attached hydrogens (tertiary/aromatic N) is 2. The molecule has 148 valence electrons. The number of rotatable bonds is 2. The van der Waals surface area contributed by atoms with Crippen LogP contribution in [0.1, 0.15) is 42.5 Å². The first-order valence-electron chi connectivity index (χ1n) is 9.71. The van der Waals surface area contributed by atoms with Crippen LogP contribution in [0, 0.1) is 11.7 Å². The summed E-state index contributed by atoms with van der Waals surface area (Å²) in [6.07, 6.45) is 5.91. The summed E-state index contributed by atoms with van der Waals surface area (Å²) in [7, 11) is 0. The molecule has 2 heterocycles. The van der Waals surface area contributed by atoms with Crippen LogP contribution >= 0.6 is 12.4 Å². The molecular weight excluding hydrogens is 369 g/mol. The van der Waals surface area contributed by atoms with Gasteiger partial charge in [-0.05, 0) is 43.4 Å². The number of fused-ring (bicyclic) bond motifs is 1. The lowest BCUT2D eigenvalue weighted by atomic mass is 9.85. The number of benzene rings is 1. The highest BCUT2D eigenvalue weighted by molar-refractivity contribution is 5.94. The van der Waals surface area contributed by atoms with Crippen LogP contribution in [-0.4, -0.2) is 59.9 Å². The first-order valence-corrected chi connectivity index (χ1v) is 9.71. The molecule has 27 heavy (non-hydrogen) atoms. The van der Waals surface area contributed by atoms with E-state index in [-0.39, 0.29) is 30.3 Å². The molecule has 5 nitrogen and oxygen atoms in total. The fraction of sp³-hybridized carbons (Fsp3) is 0.600. The third kappa shape index (κ3) is 4.27. The van der Waals surface area contributed by atoms with E-state index in [4.69, 9.17) is 0 Å². The molecule has 2 aliphatic heterocycles. The fourth-order valence-corrected chi connectivity index (χ4v) is 4.66. The van der Waals surface area contributed by atoms with Crippen LogP contribution in [0.5, 0.6) is 0 Å². The summed E-state index contributed by atoms with van der Waals surface area (Å²) in [5.74, 6) is 0.255. The molecule has 7 heteroatoms. The lowest BCUT2D eigenvalue weighted by molar-refractivity contribution is -0.134. The van der Waals surface area contributed by atoms with E-state index in [9.17, 15) is 14.0 Å². The van der Waals surface area contributed by atoms with Crippen LogP contribution < -0.4 is 5.32 Å². The molecule has 1 saturated carbocycles. The van der Waals surface area contributed by atoms with E-state index in [1.807, 2.05) is 4.90 Å². The van der Waals surface area contributed by atoms with Gasteiger partial charge in [0, 0.05) is 37.8 Å². The molecule has 1 aliphatic carbocycles. The fourth-order valence-electron chi connectivity index (χ4n) is 4.66. The van der Waals surface area contributed by atoms with E-state index in [0.29, 0.717) is 43.7 Å². The number of amides is 2. The first kappa shape index (κ1) is 20.1. The van der Waals surface area contributed by atoms with Gasteiger partial charge >= 0.3 is 0 Å². The number of hydrogen-bond acceptors (Lipinski definition) is 3. The molecule has 3 aliphatic rings. The van der Waals surface area contributed by atoms with Crippen LogP contribution in [0.25, 0.3) is 0 Å². The Hall–Kier alpha value is -1.66. The lowest BCUT2D eigenvalue weighted by Crippen LogP contribution is -2.54. The second-order valence-electron chi connectivity index (χ2n) is 7.73. The Morgan fingerprint density at radius 2 is 1.74 bits per heavy atom. The van der Waals surface area contributed by atoms with Crippen LogP contribution in [-0.2, 0) is 4.79 Å². The molecule has 0 radical (unpaired) electrons. The Kier molecular flexibility index (Phi) is 6.37. The van der Waals surface area contributed by atoms with E-state index in [2.05, 4.69) is 5.32 Å². The van der Waals surface area contributed by atoms with Crippen LogP contribution in [0.4, 0.5) is 4.39 Å². The maximum Gasteiger partial charge on any atom is 0.254 e. The van der Waals surface area contributed by atoms with Gasteiger partial charge in [-0.2, -0.15) is 0 Å². The molecule has 0 aromatic heterocycles. The van der Waals surface area contributed by atoms with E-state index in [0.717, 1.165) is 6.42 Å². The molecule has 0 bridgehead atoms. The Balaban J connectivity index is 0.00000210. The van der Waals surface area contributed by atoms with E-state index in [1.165, 1.54) is 37.8 Å². The molecule has 2 saturated heterocycles. The third-order valence-corrected chi connectivity index (χ3v) is 6.11. The van der Waals surface area contributed by atoms with Gasteiger partial charge in [-0.25, -0.2) is 4.39 Å². The van der Waals surface area contributed by atoms with Gasteiger partial charge in [0.05, 0.1) is 6.04 Å². The third-order valence-electron chi connectivity index (χ3n) is 6.11. The van der Waals surface area contributed by atoms with Gasteiger partial charge in [-0.1, -0.05) is 18.9 Å². The molecule has 3 fully saturated rings. The van der Waals surface area contributed by atoms with Gasteiger partial charge in [0.1, 0.15) is 5.82 Å². The topological polar surface area (TPSA) is 52.7 Å². The molecule has 0 spiro atoms. The van der Waals surface area contributed by atoms with Crippen molar-refractivity contribution in [2.75, 3.05) is 26.2 Å². The van der Waals surface area contributed by atoms with Gasteiger partial charge in [0.2, 0.25) is 5.91 Å². The second-order valence-corrected chi connectivity index (χ2v) is 7.73. The molecular formula is C20H27ClFN3O2. The number of hydrogen-bond donors (Lipinski definition) is 1. The molecule has 3 unspecified atom stereocenters. The van der Waals surface area contributed by atoms with Crippen molar-refractivity contribution < 1.29 is 14.0 Å². The molecule has 1 N–H and O–H groups in total. The number of carbonyl (C=O) groups excluding carboxylic acids is 2. The number of halogens is 2. The second kappa shape index (κ2) is 8.57. The highest BCUT2D eigenvalue weighted by Gasteiger charge is 2.40. The van der Waals surface area contributed by atoms with E-state index < -0.39 is 5.82 Å². The lowest BCUT2D eigenvalue weighted by Gasteiger charge is -2.36. The van der Waals surface area contributed by atoms with Gasteiger partial charge in [-0.3, -0.25) is 9.59 Å². The van der Waals surface area contributed by atoms with Gasteiger partial charge < -0.3 is 15.1 Å². The average Bonchev–Trinajstić information content (AvgIpc) is 3.11. The van der Waals surface area contributed by atoms with Crippen molar-refractivity contribution in [1.29, 1.82) is 0 Å². The number of piperazine rings is 1. The van der Waals surface area contributed by atoms with Crippen molar-refractivity contribution in [3.05, 3.63) is 35.6 Å². The Bertz CT molecular complexity index is 680. The SMILES string of the molecule is Cl.O=C(c1cccc(F)c1)N1CCN(C(=O)C2CC3CCCCC3N2)CC1. The largest absolute Gasteiger partial charge is 0.338 e. The zero-order valence-electron chi connectivity index (χ0n) is 15.4. The summed E-state index contributed by atoms with van der Waals surface area (Å²) in [6.45, 7) is 2.10. The molecule has 4 rings (SSSR count). The molecule has 1 aromatic carbocycles. The molecule has 2 amide bonds. The van der Waals surface area contributed by atoms with Crippen LogP contribution in [0.15, 0.2) is 24.3 Å². The summed E-state index contributed by atoms with van der Waals surface area (Å²) < 4.78 is 13.3. The summed E-state index contributed by atoms with van der Waals surface area (Å²) in [6, 6.07) is 6.23. The van der Waals surface area contributed by atoms with Gasteiger partial charge in [0.15, 0.2) is 0 Å². The number of nitrogens with one attached hydrogen (secondary N) is 1. The Morgan fingerprint density at radius 3 is 2.44 bits per heavy atom. The number of carbonyl (C=O) groups is 2. The maximum atomic E-state index is 13.3. The smallest absolute Gasteiger partial charge is 0.254 e. The van der Waals surface area contributed by atoms with Crippen LogP contribution in [0.2, 0.25) is 0 Å². The van der Waals surface area contributed by atoms with Crippen molar-refractivity contribution in [2.45, 2.75) is 44.2 Å². The maximum absolute atomic E-state index is 13.3. The highest BCUT2D eigenvalue weighted by Crippen LogP contribution is 2.33. The minimum absolute atomic E-state index is 0. The normalized spacial score (nSPS) is 27.7. The minimum Gasteiger partial charge on any atom is -0.338 e. The van der Waals surface area contributed by atoms with Gasteiger partial charge in [0.25, 0.3) is 5.91 Å². The minimum atomic E-state index is -0.404.